The van der Waals surface area contributed by atoms with Crippen LogP contribution in [0, 0.1) is 5.82 Å². The molecule has 0 radical (unpaired) electrons. The average molecular weight is 294 g/mol. The number of halogens is 1. The Labute approximate surface area is 127 Å². The Kier molecular flexibility index (Phi) is 6.46. The molecule has 4 heteroatoms. The summed E-state index contributed by atoms with van der Waals surface area (Å²) in [6.45, 7) is 6.21. The van der Waals surface area contributed by atoms with Crippen molar-refractivity contribution in [2.24, 2.45) is 0 Å². The number of rotatable bonds is 7. The highest BCUT2D eigenvalue weighted by molar-refractivity contribution is 5.29. The zero-order chi connectivity index (χ0) is 15.1. The summed E-state index contributed by atoms with van der Waals surface area (Å²) >= 11 is 0. The summed E-state index contributed by atoms with van der Waals surface area (Å²) in [6.07, 6.45) is 4.93. The first-order valence-electron chi connectivity index (χ1n) is 8.01. The summed E-state index contributed by atoms with van der Waals surface area (Å²) in [5, 5.41) is 3.51. The van der Waals surface area contributed by atoms with Gasteiger partial charge in [-0.1, -0.05) is 19.4 Å². The maximum atomic E-state index is 13.8. The summed E-state index contributed by atoms with van der Waals surface area (Å²) in [5.41, 5.74) is 1.02. The molecule has 0 aliphatic carbocycles. The van der Waals surface area contributed by atoms with Crippen molar-refractivity contribution in [3.05, 3.63) is 29.6 Å². The second-order valence-corrected chi connectivity index (χ2v) is 5.79. The van der Waals surface area contributed by atoms with E-state index in [2.05, 4.69) is 17.1 Å². The normalized spacial score (nSPS) is 19.7. The number of likely N-dealkylation sites (tertiary alicyclic amines) is 1. The molecule has 0 bridgehead atoms. The van der Waals surface area contributed by atoms with E-state index >= 15 is 0 Å². The Morgan fingerprint density at radius 3 is 2.95 bits per heavy atom. The molecular weight excluding hydrogens is 267 g/mol. The van der Waals surface area contributed by atoms with Crippen LogP contribution in [0.5, 0.6) is 5.75 Å². The first-order valence-corrected chi connectivity index (χ1v) is 8.01. The van der Waals surface area contributed by atoms with Crippen LogP contribution < -0.4 is 10.1 Å². The molecule has 1 aromatic rings. The van der Waals surface area contributed by atoms with Crippen molar-refractivity contribution in [1.82, 2.24) is 10.2 Å². The van der Waals surface area contributed by atoms with Gasteiger partial charge in [0.05, 0.1) is 7.11 Å². The van der Waals surface area contributed by atoms with E-state index in [0.717, 1.165) is 38.2 Å². The third kappa shape index (κ3) is 4.68. The molecule has 3 nitrogen and oxygen atoms in total. The highest BCUT2D eigenvalue weighted by Gasteiger charge is 2.22. The van der Waals surface area contributed by atoms with E-state index in [1.165, 1.54) is 26.4 Å². The summed E-state index contributed by atoms with van der Waals surface area (Å²) in [6, 6.07) is 5.85. The molecule has 21 heavy (non-hydrogen) atoms. The van der Waals surface area contributed by atoms with Crippen LogP contribution in [0.1, 0.15) is 38.2 Å². The molecule has 2 rings (SSSR count). The first-order chi connectivity index (χ1) is 10.2. The van der Waals surface area contributed by atoms with Gasteiger partial charge in [0.25, 0.3) is 0 Å². The van der Waals surface area contributed by atoms with E-state index in [1.807, 2.05) is 6.07 Å². The summed E-state index contributed by atoms with van der Waals surface area (Å²) in [5.74, 6) is 0.0474. The average Bonchev–Trinajstić information content (AvgIpc) is 2.49. The zero-order valence-electron chi connectivity index (χ0n) is 13.2. The van der Waals surface area contributed by atoms with E-state index in [-0.39, 0.29) is 5.82 Å². The van der Waals surface area contributed by atoms with Crippen molar-refractivity contribution < 1.29 is 9.13 Å². The molecule has 1 heterocycles. The number of ether oxygens (including phenoxy) is 1. The van der Waals surface area contributed by atoms with E-state index in [4.69, 9.17) is 4.74 Å². The van der Waals surface area contributed by atoms with Crippen LogP contribution in [-0.2, 0) is 6.54 Å². The molecule has 1 aromatic carbocycles. The molecule has 1 saturated heterocycles. The van der Waals surface area contributed by atoms with E-state index in [0.29, 0.717) is 11.8 Å². The molecule has 118 valence electrons. The van der Waals surface area contributed by atoms with Crippen LogP contribution in [0.25, 0.3) is 0 Å². The predicted octanol–water partition coefficient (Wildman–Crippen LogP) is 3.19. The lowest BCUT2D eigenvalue weighted by atomic mass is 10.0. The third-order valence-corrected chi connectivity index (χ3v) is 4.16. The van der Waals surface area contributed by atoms with Gasteiger partial charge in [0.2, 0.25) is 0 Å². The molecule has 1 aliphatic heterocycles. The van der Waals surface area contributed by atoms with Gasteiger partial charge >= 0.3 is 0 Å². The zero-order valence-corrected chi connectivity index (χ0v) is 13.2. The fourth-order valence-corrected chi connectivity index (χ4v) is 2.99. The fraction of sp³-hybridized carbons (Fsp3) is 0.647. The van der Waals surface area contributed by atoms with Crippen molar-refractivity contribution in [1.29, 1.82) is 0 Å². The Bertz CT molecular complexity index is 439. The minimum atomic E-state index is -0.271. The number of benzene rings is 1. The highest BCUT2D eigenvalue weighted by atomic mass is 19.1. The van der Waals surface area contributed by atoms with Gasteiger partial charge < -0.3 is 10.1 Å². The van der Waals surface area contributed by atoms with E-state index in [1.54, 1.807) is 12.1 Å². The van der Waals surface area contributed by atoms with Crippen LogP contribution >= 0.6 is 0 Å². The number of piperidine rings is 1. The van der Waals surface area contributed by atoms with Gasteiger partial charge in [0, 0.05) is 19.1 Å². The number of nitrogens with one attached hydrogen (secondary N) is 1. The molecule has 1 aliphatic rings. The lowest BCUT2D eigenvalue weighted by Crippen LogP contribution is -2.45. The second-order valence-electron chi connectivity index (χ2n) is 5.79. The standard InChI is InChI=1S/C17H27FN2O/c1-3-9-19-12-15-6-4-5-10-20(15)13-14-7-8-17(21-2)16(18)11-14/h7-8,11,15,19H,3-6,9-10,12-13H2,1-2H3. The summed E-state index contributed by atoms with van der Waals surface area (Å²) in [4.78, 5) is 2.48. The Morgan fingerprint density at radius 1 is 1.38 bits per heavy atom. The minimum Gasteiger partial charge on any atom is -0.494 e. The Hall–Kier alpha value is -1.13. The number of hydrogen-bond donors (Lipinski definition) is 1. The largest absolute Gasteiger partial charge is 0.494 e. The maximum absolute atomic E-state index is 13.8. The third-order valence-electron chi connectivity index (χ3n) is 4.16. The van der Waals surface area contributed by atoms with E-state index < -0.39 is 0 Å². The van der Waals surface area contributed by atoms with Crippen LogP contribution in [0.4, 0.5) is 4.39 Å². The molecule has 1 N–H and O–H groups in total. The van der Waals surface area contributed by atoms with Gasteiger partial charge in [0.15, 0.2) is 11.6 Å². The van der Waals surface area contributed by atoms with Crippen molar-refractivity contribution >= 4 is 0 Å². The predicted molar refractivity (Wildman–Crippen MR) is 84.2 cm³/mol. The summed E-state index contributed by atoms with van der Waals surface area (Å²) in [7, 11) is 1.50. The van der Waals surface area contributed by atoms with Gasteiger partial charge in [0.1, 0.15) is 0 Å². The van der Waals surface area contributed by atoms with Crippen molar-refractivity contribution in [3.8, 4) is 5.75 Å². The molecule has 1 unspecified atom stereocenters. The van der Waals surface area contributed by atoms with Crippen LogP contribution in [0.3, 0.4) is 0 Å². The molecular formula is C17H27FN2O. The lowest BCUT2D eigenvalue weighted by Gasteiger charge is -2.36. The Balaban J connectivity index is 1.96. The number of methoxy groups -OCH3 is 1. The fourth-order valence-electron chi connectivity index (χ4n) is 2.99. The quantitative estimate of drug-likeness (QED) is 0.782. The Morgan fingerprint density at radius 2 is 2.24 bits per heavy atom. The molecule has 0 spiro atoms. The van der Waals surface area contributed by atoms with Gasteiger partial charge in [-0.05, 0) is 50.0 Å². The van der Waals surface area contributed by atoms with Crippen molar-refractivity contribution in [3.63, 3.8) is 0 Å². The highest BCUT2D eigenvalue weighted by Crippen LogP contribution is 2.22. The molecule has 0 amide bonds. The van der Waals surface area contributed by atoms with E-state index in [9.17, 15) is 4.39 Å². The monoisotopic (exact) mass is 294 g/mol. The minimum absolute atomic E-state index is 0.271. The SMILES string of the molecule is CCCNCC1CCCCN1Cc1ccc(OC)c(F)c1. The second kappa shape index (κ2) is 8.35. The molecule has 0 aromatic heterocycles. The number of nitrogens with zero attached hydrogens (tertiary/aromatic N) is 1. The van der Waals surface area contributed by atoms with Gasteiger partial charge in [-0.3, -0.25) is 4.90 Å². The molecule has 1 fully saturated rings. The van der Waals surface area contributed by atoms with Gasteiger partial charge in [-0.2, -0.15) is 0 Å². The topological polar surface area (TPSA) is 24.5 Å². The maximum Gasteiger partial charge on any atom is 0.165 e. The van der Waals surface area contributed by atoms with Crippen molar-refractivity contribution in [2.45, 2.75) is 45.2 Å². The number of hydrogen-bond acceptors (Lipinski definition) is 3. The lowest BCUT2D eigenvalue weighted by molar-refractivity contribution is 0.137. The molecule has 1 atom stereocenters. The van der Waals surface area contributed by atoms with Crippen LogP contribution in [0.15, 0.2) is 18.2 Å². The smallest absolute Gasteiger partial charge is 0.165 e. The van der Waals surface area contributed by atoms with Gasteiger partial charge in [-0.25, -0.2) is 4.39 Å². The molecule has 0 saturated carbocycles. The first kappa shape index (κ1) is 16.2. The van der Waals surface area contributed by atoms with Crippen LogP contribution in [0.2, 0.25) is 0 Å². The van der Waals surface area contributed by atoms with Gasteiger partial charge in [-0.15, -0.1) is 0 Å². The van der Waals surface area contributed by atoms with Crippen molar-refractivity contribution in [2.75, 3.05) is 26.7 Å². The summed E-state index contributed by atoms with van der Waals surface area (Å²) < 4.78 is 18.8. The van der Waals surface area contributed by atoms with Crippen LogP contribution in [-0.4, -0.2) is 37.7 Å².